The van der Waals surface area contributed by atoms with E-state index in [1.54, 1.807) is 14.2 Å². The average Bonchev–Trinajstić information content (AvgIpc) is 2.16. The van der Waals surface area contributed by atoms with E-state index in [1.165, 1.54) is 0 Å². The average molecular weight is 373 g/mol. The zero-order chi connectivity index (χ0) is 13.5. The van der Waals surface area contributed by atoms with E-state index in [4.69, 9.17) is 15.2 Å². The van der Waals surface area contributed by atoms with Gasteiger partial charge in [0, 0.05) is 20.3 Å². The SMILES string of the molecule is COCC(C)NC(N)=NCC(OC)C(C)(C)C.I. The van der Waals surface area contributed by atoms with Gasteiger partial charge in [-0.05, 0) is 12.3 Å². The fourth-order valence-corrected chi connectivity index (χ4v) is 1.47. The van der Waals surface area contributed by atoms with Crippen molar-refractivity contribution in [2.45, 2.75) is 39.8 Å². The Hall–Kier alpha value is -0.0800. The lowest BCUT2D eigenvalue weighted by Crippen LogP contribution is -2.41. The maximum atomic E-state index is 5.78. The summed E-state index contributed by atoms with van der Waals surface area (Å²) in [5, 5.41) is 3.06. The van der Waals surface area contributed by atoms with E-state index in [9.17, 15) is 0 Å². The van der Waals surface area contributed by atoms with E-state index in [-0.39, 0.29) is 41.5 Å². The first-order valence-electron chi connectivity index (χ1n) is 5.89. The molecule has 0 amide bonds. The lowest BCUT2D eigenvalue weighted by atomic mass is 9.89. The molecule has 0 saturated carbocycles. The first-order valence-corrected chi connectivity index (χ1v) is 5.89. The molecule has 2 atom stereocenters. The maximum Gasteiger partial charge on any atom is 0.188 e. The number of guanidine groups is 1. The molecule has 0 aromatic heterocycles. The molecule has 2 unspecified atom stereocenters. The van der Waals surface area contributed by atoms with Crippen molar-refractivity contribution in [1.82, 2.24) is 5.32 Å². The van der Waals surface area contributed by atoms with Gasteiger partial charge in [0.2, 0.25) is 0 Å². The molecule has 0 heterocycles. The van der Waals surface area contributed by atoms with Crippen LogP contribution in [0.15, 0.2) is 4.99 Å². The van der Waals surface area contributed by atoms with Crippen LogP contribution in [0.25, 0.3) is 0 Å². The summed E-state index contributed by atoms with van der Waals surface area (Å²) in [6.07, 6.45) is 0.0561. The second kappa shape index (κ2) is 9.80. The molecule has 0 aliphatic carbocycles. The number of nitrogens with two attached hydrogens (primary N) is 1. The van der Waals surface area contributed by atoms with Crippen LogP contribution in [0.3, 0.4) is 0 Å². The van der Waals surface area contributed by atoms with E-state index in [2.05, 4.69) is 31.1 Å². The highest BCUT2D eigenvalue weighted by atomic mass is 127. The Balaban J connectivity index is 0. The monoisotopic (exact) mass is 373 g/mol. The van der Waals surface area contributed by atoms with Crippen LogP contribution in [-0.4, -0.2) is 45.5 Å². The number of ether oxygens (including phenoxy) is 2. The van der Waals surface area contributed by atoms with Crippen molar-refractivity contribution in [3.8, 4) is 0 Å². The van der Waals surface area contributed by atoms with Gasteiger partial charge in [-0.3, -0.25) is 4.99 Å². The van der Waals surface area contributed by atoms with E-state index in [0.29, 0.717) is 19.1 Å². The first-order chi connectivity index (χ1) is 7.81. The standard InChI is InChI=1S/C12H27N3O2.HI/c1-9(8-16-5)15-11(13)14-7-10(17-6)12(2,3)4;/h9-10H,7-8H2,1-6H3,(H3,13,14,15);1H. The largest absolute Gasteiger partial charge is 0.383 e. The minimum absolute atomic E-state index is 0. The third-order valence-corrected chi connectivity index (χ3v) is 2.49. The Bertz CT molecular complexity index is 242. The fourth-order valence-electron chi connectivity index (χ4n) is 1.47. The number of rotatable bonds is 6. The van der Waals surface area contributed by atoms with Gasteiger partial charge in [0.15, 0.2) is 5.96 Å². The van der Waals surface area contributed by atoms with Crippen LogP contribution in [0.1, 0.15) is 27.7 Å². The maximum absolute atomic E-state index is 5.78. The topological polar surface area (TPSA) is 68.9 Å². The van der Waals surface area contributed by atoms with Gasteiger partial charge in [0.25, 0.3) is 0 Å². The molecule has 5 nitrogen and oxygen atoms in total. The van der Waals surface area contributed by atoms with Gasteiger partial charge in [0.05, 0.1) is 19.3 Å². The van der Waals surface area contributed by atoms with Crippen LogP contribution < -0.4 is 11.1 Å². The molecular weight excluding hydrogens is 345 g/mol. The fraction of sp³-hybridized carbons (Fsp3) is 0.917. The summed E-state index contributed by atoms with van der Waals surface area (Å²) in [7, 11) is 3.36. The Labute approximate surface area is 128 Å². The Morgan fingerprint density at radius 3 is 2.28 bits per heavy atom. The third kappa shape index (κ3) is 8.93. The number of hydrogen-bond donors (Lipinski definition) is 2. The highest BCUT2D eigenvalue weighted by molar-refractivity contribution is 14.0. The summed E-state index contributed by atoms with van der Waals surface area (Å²) >= 11 is 0. The van der Waals surface area contributed by atoms with Gasteiger partial charge < -0.3 is 20.5 Å². The molecule has 0 aromatic carbocycles. The molecular formula is C12H28IN3O2. The highest BCUT2D eigenvalue weighted by Gasteiger charge is 2.23. The van der Waals surface area contributed by atoms with Crippen LogP contribution in [-0.2, 0) is 9.47 Å². The molecule has 3 N–H and O–H groups in total. The number of nitrogens with one attached hydrogen (secondary N) is 1. The molecule has 0 rings (SSSR count). The zero-order valence-corrected chi connectivity index (χ0v) is 14.6. The molecule has 0 radical (unpaired) electrons. The summed E-state index contributed by atoms with van der Waals surface area (Å²) in [5.41, 5.74) is 5.83. The molecule has 0 saturated heterocycles. The van der Waals surface area contributed by atoms with Crippen LogP contribution in [0.4, 0.5) is 0 Å². The molecule has 0 bridgehead atoms. The van der Waals surface area contributed by atoms with Gasteiger partial charge in [-0.15, -0.1) is 24.0 Å². The molecule has 6 heteroatoms. The lowest BCUT2D eigenvalue weighted by molar-refractivity contribution is 0.0241. The second-order valence-electron chi connectivity index (χ2n) is 5.32. The smallest absolute Gasteiger partial charge is 0.188 e. The second-order valence-corrected chi connectivity index (χ2v) is 5.32. The third-order valence-electron chi connectivity index (χ3n) is 2.49. The Morgan fingerprint density at radius 2 is 1.89 bits per heavy atom. The van der Waals surface area contributed by atoms with Crippen LogP contribution >= 0.6 is 24.0 Å². The molecule has 0 aromatic rings. The normalized spacial score (nSPS) is 15.8. The summed E-state index contributed by atoms with van der Waals surface area (Å²) in [6.45, 7) is 9.50. The predicted octanol–water partition coefficient (Wildman–Crippen LogP) is 1.60. The van der Waals surface area contributed by atoms with E-state index < -0.39 is 0 Å². The Morgan fingerprint density at radius 1 is 1.33 bits per heavy atom. The molecule has 0 aliphatic heterocycles. The number of nitrogens with zero attached hydrogens (tertiary/aromatic N) is 1. The molecule has 0 spiro atoms. The molecule has 0 aliphatic rings. The van der Waals surface area contributed by atoms with Crippen LogP contribution in [0, 0.1) is 5.41 Å². The molecule has 110 valence electrons. The van der Waals surface area contributed by atoms with Crippen molar-refractivity contribution in [3.63, 3.8) is 0 Å². The van der Waals surface area contributed by atoms with Crippen molar-refractivity contribution in [3.05, 3.63) is 0 Å². The summed E-state index contributed by atoms with van der Waals surface area (Å²) < 4.78 is 10.4. The van der Waals surface area contributed by atoms with Crippen LogP contribution in [0.2, 0.25) is 0 Å². The first kappa shape index (κ1) is 20.2. The quantitative estimate of drug-likeness (QED) is 0.422. The number of methoxy groups -OCH3 is 2. The van der Waals surface area contributed by atoms with Crippen LogP contribution in [0.5, 0.6) is 0 Å². The number of halogens is 1. The summed E-state index contributed by atoms with van der Waals surface area (Å²) in [6, 6.07) is 0.152. The van der Waals surface area contributed by atoms with Crippen molar-refractivity contribution >= 4 is 29.9 Å². The number of hydrogen-bond acceptors (Lipinski definition) is 3. The lowest BCUT2D eigenvalue weighted by Gasteiger charge is -2.28. The predicted molar refractivity (Wildman–Crippen MR) is 86.6 cm³/mol. The zero-order valence-electron chi connectivity index (χ0n) is 12.3. The van der Waals surface area contributed by atoms with E-state index in [0.717, 1.165) is 0 Å². The van der Waals surface area contributed by atoms with Crippen molar-refractivity contribution < 1.29 is 9.47 Å². The van der Waals surface area contributed by atoms with E-state index in [1.807, 2.05) is 6.92 Å². The van der Waals surface area contributed by atoms with Gasteiger partial charge in [-0.1, -0.05) is 20.8 Å². The Kier molecular flexibility index (Phi) is 11.0. The van der Waals surface area contributed by atoms with Crippen molar-refractivity contribution in [2.75, 3.05) is 27.4 Å². The van der Waals surface area contributed by atoms with Gasteiger partial charge in [0.1, 0.15) is 0 Å². The van der Waals surface area contributed by atoms with Crippen molar-refractivity contribution in [2.24, 2.45) is 16.1 Å². The molecule has 0 fully saturated rings. The molecule has 18 heavy (non-hydrogen) atoms. The van der Waals surface area contributed by atoms with Gasteiger partial charge >= 0.3 is 0 Å². The minimum atomic E-state index is 0. The highest BCUT2D eigenvalue weighted by Crippen LogP contribution is 2.21. The van der Waals surface area contributed by atoms with Gasteiger partial charge in [-0.2, -0.15) is 0 Å². The van der Waals surface area contributed by atoms with Crippen molar-refractivity contribution in [1.29, 1.82) is 0 Å². The minimum Gasteiger partial charge on any atom is -0.383 e. The summed E-state index contributed by atoms with van der Waals surface area (Å²) in [5.74, 6) is 0.431. The van der Waals surface area contributed by atoms with E-state index >= 15 is 0 Å². The van der Waals surface area contributed by atoms with Gasteiger partial charge in [-0.25, -0.2) is 0 Å². The summed E-state index contributed by atoms with van der Waals surface area (Å²) in [4.78, 5) is 4.29. The number of aliphatic imine (C=N–C) groups is 1.